The van der Waals surface area contributed by atoms with Crippen LogP contribution in [0.5, 0.6) is 0 Å². The van der Waals surface area contributed by atoms with Gasteiger partial charge in [0.25, 0.3) is 0 Å². The Hall–Kier alpha value is -1.50. The van der Waals surface area contributed by atoms with E-state index >= 15 is 0 Å². The van der Waals surface area contributed by atoms with Crippen molar-refractivity contribution >= 4 is 33.5 Å². The van der Waals surface area contributed by atoms with Crippen LogP contribution < -0.4 is 5.32 Å². The van der Waals surface area contributed by atoms with Gasteiger partial charge in [0.1, 0.15) is 5.69 Å². The smallest absolute Gasteiger partial charge is 0.310 e. The summed E-state index contributed by atoms with van der Waals surface area (Å²) in [5.74, 6) is -3.69. The van der Waals surface area contributed by atoms with Gasteiger partial charge in [0.15, 0.2) is 11.6 Å². The number of halogens is 3. The molecule has 0 heterocycles. The van der Waals surface area contributed by atoms with Crippen molar-refractivity contribution in [1.82, 2.24) is 0 Å². The van der Waals surface area contributed by atoms with Gasteiger partial charge in [-0.25, -0.2) is 8.78 Å². The molecule has 0 bridgehead atoms. The Kier molecular flexibility index (Phi) is 5.83. The number of carboxylic acids is 1. The van der Waals surface area contributed by atoms with Gasteiger partial charge < -0.3 is 10.4 Å². The molecular weight excluding hydrogens is 348 g/mol. The lowest BCUT2D eigenvalue weighted by Crippen LogP contribution is -2.34. The molecule has 1 amide bonds. The van der Waals surface area contributed by atoms with Gasteiger partial charge in [0.2, 0.25) is 5.91 Å². The van der Waals surface area contributed by atoms with Crippen molar-refractivity contribution in [3.8, 4) is 0 Å². The van der Waals surface area contributed by atoms with Crippen LogP contribution in [-0.2, 0) is 9.59 Å². The van der Waals surface area contributed by atoms with Gasteiger partial charge in [0.05, 0.1) is 5.41 Å². The first-order chi connectivity index (χ1) is 9.75. The van der Waals surface area contributed by atoms with E-state index in [4.69, 9.17) is 0 Å². The highest BCUT2D eigenvalue weighted by atomic mass is 79.9. The highest BCUT2D eigenvalue weighted by molar-refractivity contribution is 9.10. The molecule has 0 fully saturated rings. The molecule has 0 aliphatic heterocycles. The molecule has 0 aliphatic carbocycles. The number of nitrogens with one attached hydrogen (secondary N) is 1. The third-order valence-corrected chi connectivity index (χ3v) is 4.04. The van der Waals surface area contributed by atoms with Gasteiger partial charge in [-0.2, -0.15) is 0 Å². The summed E-state index contributed by atoms with van der Waals surface area (Å²) in [7, 11) is 0. The van der Waals surface area contributed by atoms with E-state index < -0.39 is 34.6 Å². The number of carboxylic acid groups (broad SMARTS) is 1. The van der Waals surface area contributed by atoms with E-state index in [1.807, 2.05) is 0 Å². The summed E-state index contributed by atoms with van der Waals surface area (Å²) in [6.07, 6.45) is 0.152. The molecule has 116 valence electrons. The summed E-state index contributed by atoms with van der Waals surface area (Å²) in [6.45, 7) is 3.32. The number of carbonyl (C=O) groups is 2. The van der Waals surface area contributed by atoms with Crippen LogP contribution in [0.15, 0.2) is 16.6 Å². The second-order valence-corrected chi connectivity index (χ2v) is 5.68. The third-order valence-electron chi connectivity index (χ3n) is 3.58. The average Bonchev–Trinajstić information content (AvgIpc) is 2.40. The lowest BCUT2D eigenvalue weighted by molar-refractivity contribution is -0.151. The maximum atomic E-state index is 13.6. The van der Waals surface area contributed by atoms with Crippen LogP contribution >= 0.6 is 15.9 Å². The number of carbonyl (C=O) groups excluding carboxylic acids is 1. The quantitative estimate of drug-likeness (QED) is 0.803. The van der Waals surface area contributed by atoms with Crippen molar-refractivity contribution in [2.45, 2.75) is 33.1 Å². The first-order valence-electron chi connectivity index (χ1n) is 6.43. The summed E-state index contributed by atoms with van der Waals surface area (Å²) in [6, 6.07) is 2.03. The molecule has 1 aromatic carbocycles. The zero-order valence-electron chi connectivity index (χ0n) is 11.7. The van der Waals surface area contributed by atoms with Crippen LogP contribution in [0.2, 0.25) is 0 Å². The summed E-state index contributed by atoms with van der Waals surface area (Å²) in [5, 5.41) is 11.4. The Labute approximate surface area is 129 Å². The monoisotopic (exact) mass is 363 g/mol. The summed E-state index contributed by atoms with van der Waals surface area (Å²) < 4.78 is 27.5. The summed E-state index contributed by atoms with van der Waals surface area (Å²) in [5.41, 5.74) is -1.80. The largest absolute Gasteiger partial charge is 0.481 e. The summed E-state index contributed by atoms with van der Waals surface area (Å²) >= 11 is 2.93. The molecule has 0 aromatic heterocycles. The predicted octanol–water partition coefficient (Wildman–Crippen LogP) is 3.95. The number of benzene rings is 1. The predicted molar refractivity (Wildman–Crippen MR) is 78.0 cm³/mol. The molecule has 21 heavy (non-hydrogen) atoms. The van der Waals surface area contributed by atoms with Crippen LogP contribution in [-0.4, -0.2) is 17.0 Å². The number of hydrogen-bond acceptors (Lipinski definition) is 2. The van der Waals surface area contributed by atoms with Gasteiger partial charge in [-0.05, 0) is 25.0 Å². The molecule has 0 atom stereocenters. The van der Waals surface area contributed by atoms with E-state index in [0.717, 1.165) is 12.1 Å². The van der Waals surface area contributed by atoms with Crippen LogP contribution in [0.3, 0.4) is 0 Å². The van der Waals surface area contributed by atoms with E-state index in [9.17, 15) is 23.5 Å². The topological polar surface area (TPSA) is 66.4 Å². The molecule has 0 saturated carbocycles. The van der Waals surface area contributed by atoms with Gasteiger partial charge in [-0.3, -0.25) is 9.59 Å². The van der Waals surface area contributed by atoms with Crippen molar-refractivity contribution in [3.63, 3.8) is 0 Å². The Bertz CT molecular complexity index is 536. The lowest BCUT2D eigenvalue weighted by Gasteiger charge is -2.25. The zero-order valence-corrected chi connectivity index (χ0v) is 13.3. The number of amides is 1. The second kappa shape index (κ2) is 6.98. The molecule has 0 aliphatic rings. The Balaban J connectivity index is 2.95. The summed E-state index contributed by atoms with van der Waals surface area (Å²) in [4.78, 5) is 23.2. The number of anilines is 1. The molecule has 0 radical (unpaired) electrons. The SMILES string of the molecule is CCC(CC)(CC(=O)Nc1c(F)cc(Br)cc1F)C(=O)O. The van der Waals surface area contributed by atoms with E-state index in [2.05, 4.69) is 21.2 Å². The van der Waals surface area contributed by atoms with Crippen molar-refractivity contribution < 1.29 is 23.5 Å². The zero-order chi connectivity index (χ0) is 16.2. The number of hydrogen-bond donors (Lipinski definition) is 2. The molecule has 0 unspecified atom stereocenters. The van der Waals surface area contributed by atoms with E-state index in [1.165, 1.54) is 0 Å². The fourth-order valence-electron chi connectivity index (χ4n) is 2.03. The third kappa shape index (κ3) is 4.00. The average molecular weight is 364 g/mol. The van der Waals surface area contributed by atoms with E-state index in [-0.39, 0.29) is 23.7 Å². The minimum absolute atomic E-state index is 0.206. The fraction of sp³-hybridized carbons (Fsp3) is 0.429. The first kappa shape index (κ1) is 17.6. The first-order valence-corrected chi connectivity index (χ1v) is 7.22. The fourth-order valence-corrected chi connectivity index (χ4v) is 2.43. The second-order valence-electron chi connectivity index (χ2n) is 4.76. The Morgan fingerprint density at radius 1 is 1.24 bits per heavy atom. The van der Waals surface area contributed by atoms with Crippen LogP contribution in [0, 0.1) is 17.0 Å². The van der Waals surface area contributed by atoms with Crippen molar-refractivity contribution in [2.75, 3.05) is 5.32 Å². The molecule has 0 spiro atoms. The number of aliphatic carboxylic acids is 1. The van der Waals surface area contributed by atoms with Crippen LogP contribution in [0.4, 0.5) is 14.5 Å². The van der Waals surface area contributed by atoms with Gasteiger partial charge >= 0.3 is 5.97 Å². The van der Waals surface area contributed by atoms with Gasteiger partial charge in [0, 0.05) is 10.9 Å². The van der Waals surface area contributed by atoms with Crippen molar-refractivity contribution in [2.24, 2.45) is 5.41 Å². The highest BCUT2D eigenvalue weighted by Crippen LogP contribution is 2.32. The minimum atomic E-state index is -1.23. The van der Waals surface area contributed by atoms with E-state index in [1.54, 1.807) is 13.8 Å². The molecule has 1 aromatic rings. The molecule has 1 rings (SSSR count). The number of rotatable bonds is 6. The normalized spacial score (nSPS) is 11.3. The van der Waals surface area contributed by atoms with Crippen LogP contribution in [0.25, 0.3) is 0 Å². The van der Waals surface area contributed by atoms with Gasteiger partial charge in [-0.1, -0.05) is 29.8 Å². The Morgan fingerprint density at radius 3 is 2.10 bits per heavy atom. The van der Waals surface area contributed by atoms with Crippen molar-refractivity contribution in [3.05, 3.63) is 28.2 Å². The van der Waals surface area contributed by atoms with Gasteiger partial charge in [-0.15, -0.1) is 0 Å². The molecule has 7 heteroatoms. The Morgan fingerprint density at radius 2 is 1.71 bits per heavy atom. The molecule has 4 nitrogen and oxygen atoms in total. The van der Waals surface area contributed by atoms with E-state index in [0.29, 0.717) is 0 Å². The molecule has 2 N–H and O–H groups in total. The maximum absolute atomic E-state index is 13.6. The standard InChI is InChI=1S/C14H16BrF2NO3/c1-3-14(4-2,13(20)21)7-11(19)18-12-9(16)5-8(15)6-10(12)17/h5-6H,3-4,7H2,1-2H3,(H,18,19)(H,20,21). The molecular formula is C14H16BrF2NO3. The molecule has 0 saturated heterocycles. The minimum Gasteiger partial charge on any atom is -0.481 e. The lowest BCUT2D eigenvalue weighted by atomic mass is 9.79. The maximum Gasteiger partial charge on any atom is 0.310 e. The van der Waals surface area contributed by atoms with Crippen molar-refractivity contribution in [1.29, 1.82) is 0 Å². The highest BCUT2D eigenvalue weighted by Gasteiger charge is 2.37. The van der Waals surface area contributed by atoms with Crippen LogP contribution in [0.1, 0.15) is 33.1 Å².